The maximum absolute atomic E-state index is 13.4. The van der Waals surface area contributed by atoms with Crippen molar-refractivity contribution in [2.45, 2.75) is 32.3 Å². The minimum atomic E-state index is -1.85. The van der Waals surface area contributed by atoms with E-state index in [9.17, 15) is 14.4 Å². The Morgan fingerprint density at radius 1 is 1.28 bits per heavy atom. The van der Waals surface area contributed by atoms with Crippen LogP contribution in [-0.4, -0.2) is 30.6 Å². The fraction of sp³-hybridized carbons (Fsp3) is 0.286. The van der Waals surface area contributed by atoms with Crippen LogP contribution in [0.4, 0.5) is 5.69 Å². The highest BCUT2D eigenvalue weighted by atomic mass is 16.6. The number of nitrogens with one attached hydrogen (secondary N) is 1. The highest BCUT2D eigenvalue weighted by Crippen LogP contribution is 2.52. The molecule has 1 aromatic rings. The van der Waals surface area contributed by atoms with E-state index in [2.05, 4.69) is 11.9 Å². The lowest BCUT2D eigenvalue weighted by atomic mass is 9.67. The summed E-state index contributed by atoms with van der Waals surface area (Å²) in [6, 6.07) is 6.73. The van der Waals surface area contributed by atoms with Gasteiger partial charge in [-0.05, 0) is 26.8 Å². The van der Waals surface area contributed by atoms with E-state index < -0.39 is 29.4 Å². The Bertz CT molecular complexity index is 975. The van der Waals surface area contributed by atoms with Crippen molar-refractivity contribution in [2.75, 3.05) is 11.9 Å². The van der Waals surface area contributed by atoms with Gasteiger partial charge in [0.2, 0.25) is 11.8 Å². The number of rotatable bonds is 5. The molecule has 0 saturated carbocycles. The van der Waals surface area contributed by atoms with Crippen molar-refractivity contribution >= 4 is 23.5 Å². The predicted octanol–water partition coefficient (Wildman–Crippen LogP) is 2.03. The van der Waals surface area contributed by atoms with Crippen molar-refractivity contribution in [3.8, 4) is 0 Å². The molecule has 2 aliphatic rings. The first-order valence-electron chi connectivity index (χ1n) is 9.04. The van der Waals surface area contributed by atoms with Gasteiger partial charge in [-0.25, -0.2) is 9.59 Å². The molecule has 0 radical (unpaired) electrons. The van der Waals surface area contributed by atoms with Crippen LogP contribution >= 0.6 is 0 Å². The average molecular weight is 398 g/mol. The molecule has 3 N–H and O–H groups in total. The van der Waals surface area contributed by atoms with E-state index in [0.717, 1.165) is 0 Å². The zero-order valence-electron chi connectivity index (χ0n) is 16.4. The standard InChI is InChI=1S/C21H22N2O6/c1-5-10-27-18(24)15-12(4)29-17(22)16(19(25)28-11(2)3)21(15)13-8-6-7-9-14(13)23-20(21)26/h5-9,11H,1,10,22H2,2-4H3,(H,23,26). The number of allylic oxidation sites excluding steroid dienone is 1. The number of esters is 2. The average Bonchev–Trinajstić information content (AvgIpc) is 2.91. The van der Waals surface area contributed by atoms with E-state index in [1.807, 2.05) is 0 Å². The van der Waals surface area contributed by atoms with E-state index >= 15 is 0 Å². The fourth-order valence-electron chi connectivity index (χ4n) is 3.63. The first-order chi connectivity index (χ1) is 13.7. The maximum atomic E-state index is 13.4. The third-order valence-corrected chi connectivity index (χ3v) is 4.61. The number of para-hydroxylation sites is 1. The van der Waals surface area contributed by atoms with Gasteiger partial charge in [-0.2, -0.15) is 0 Å². The number of carbonyl (C=O) groups is 3. The molecule has 8 nitrogen and oxygen atoms in total. The highest BCUT2D eigenvalue weighted by Gasteiger charge is 2.61. The van der Waals surface area contributed by atoms with Crippen molar-refractivity contribution < 1.29 is 28.6 Å². The van der Waals surface area contributed by atoms with Crippen LogP contribution in [-0.2, 0) is 34.0 Å². The monoisotopic (exact) mass is 398 g/mol. The van der Waals surface area contributed by atoms with Crippen LogP contribution in [0.25, 0.3) is 0 Å². The third-order valence-electron chi connectivity index (χ3n) is 4.61. The first kappa shape index (κ1) is 20.2. The molecule has 2 aliphatic heterocycles. The number of anilines is 1. The molecule has 0 fully saturated rings. The van der Waals surface area contributed by atoms with Crippen LogP contribution in [0, 0.1) is 0 Å². The number of hydrogen-bond acceptors (Lipinski definition) is 7. The van der Waals surface area contributed by atoms with Crippen molar-refractivity contribution in [3.63, 3.8) is 0 Å². The van der Waals surface area contributed by atoms with Gasteiger partial charge in [0.1, 0.15) is 28.9 Å². The smallest absolute Gasteiger partial charge is 0.341 e. The molecule has 8 heteroatoms. The number of hydrogen-bond donors (Lipinski definition) is 2. The summed E-state index contributed by atoms with van der Waals surface area (Å²) in [6.07, 6.45) is 0.910. The highest BCUT2D eigenvalue weighted by molar-refractivity contribution is 6.21. The largest absolute Gasteiger partial charge is 0.459 e. The number of benzene rings is 1. The van der Waals surface area contributed by atoms with E-state index in [1.165, 1.54) is 13.0 Å². The summed E-state index contributed by atoms with van der Waals surface area (Å²) in [5.41, 5.74) is 4.64. The molecule has 0 bridgehead atoms. The van der Waals surface area contributed by atoms with E-state index in [0.29, 0.717) is 11.3 Å². The molecular formula is C21H22N2O6. The summed E-state index contributed by atoms with van der Waals surface area (Å²) in [4.78, 5) is 39.4. The zero-order chi connectivity index (χ0) is 21.3. The fourth-order valence-corrected chi connectivity index (χ4v) is 3.63. The molecule has 0 aliphatic carbocycles. The third kappa shape index (κ3) is 3.06. The van der Waals surface area contributed by atoms with Crippen molar-refractivity contribution in [1.29, 1.82) is 0 Å². The Morgan fingerprint density at radius 3 is 2.62 bits per heavy atom. The Morgan fingerprint density at radius 2 is 1.97 bits per heavy atom. The number of carbonyl (C=O) groups excluding carboxylic acids is 3. The van der Waals surface area contributed by atoms with Gasteiger partial charge in [-0.3, -0.25) is 4.79 Å². The maximum Gasteiger partial charge on any atom is 0.341 e. The Balaban J connectivity index is 2.32. The molecule has 1 unspecified atom stereocenters. The van der Waals surface area contributed by atoms with Crippen LogP contribution < -0.4 is 11.1 Å². The molecule has 0 aromatic heterocycles. The molecule has 1 atom stereocenters. The lowest BCUT2D eigenvalue weighted by Crippen LogP contribution is -2.48. The van der Waals surface area contributed by atoms with Crippen LogP contribution in [0.2, 0.25) is 0 Å². The number of nitrogens with two attached hydrogens (primary N) is 1. The van der Waals surface area contributed by atoms with E-state index in [4.69, 9.17) is 19.9 Å². The minimum absolute atomic E-state index is 0.0597. The van der Waals surface area contributed by atoms with Gasteiger partial charge in [0.05, 0.1) is 6.10 Å². The van der Waals surface area contributed by atoms with E-state index in [-0.39, 0.29) is 29.4 Å². The van der Waals surface area contributed by atoms with Crippen molar-refractivity contribution in [1.82, 2.24) is 0 Å². The molecule has 2 heterocycles. The van der Waals surface area contributed by atoms with Crippen LogP contribution in [0.15, 0.2) is 59.7 Å². The summed E-state index contributed by atoms with van der Waals surface area (Å²) < 4.78 is 16.0. The zero-order valence-corrected chi connectivity index (χ0v) is 16.4. The molecule has 1 spiro atoms. The van der Waals surface area contributed by atoms with Crippen LogP contribution in [0.3, 0.4) is 0 Å². The van der Waals surface area contributed by atoms with Crippen molar-refractivity contribution in [3.05, 3.63) is 65.3 Å². The summed E-state index contributed by atoms with van der Waals surface area (Å²) in [7, 11) is 0. The second kappa shape index (κ2) is 7.46. The summed E-state index contributed by atoms with van der Waals surface area (Å²) in [6.45, 7) is 8.24. The number of ether oxygens (including phenoxy) is 3. The lowest BCUT2D eigenvalue weighted by Gasteiger charge is -2.35. The Labute approximate surface area is 168 Å². The van der Waals surface area contributed by atoms with Gasteiger partial charge in [-0.1, -0.05) is 30.9 Å². The van der Waals surface area contributed by atoms with Gasteiger partial charge in [0.15, 0.2) is 0 Å². The van der Waals surface area contributed by atoms with Gasteiger partial charge in [0.25, 0.3) is 0 Å². The molecule has 0 saturated heterocycles. The predicted molar refractivity (Wildman–Crippen MR) is 104 cm³/mol. The van der Waals surface area contributed by atoms with Crippen LogP contribution in [0.1, 0.15) is 26.3 Å². The second-order valence-corrected chi connectivity index (χ2v) is 6.86. The summed E-state index contributed by atoms with van der Waals surface area (Å²) in [5.74, 6) is -2.54. The first-order valence-corrected chi connectivity index (χ1v) is 9.04. The van der Waals surface area contributed by atoms with Crippen LogP contribution in [0.5, 0.6) is 0 Å². The second-order valence-electron chi connectivity index (χ2n) is 6.86. The number of fused-ring (bicyclic) bond motifs is 2. The molecule has 29 heavy (non-hydrogen) atoms. The normalized spacial score (nSPS) is 20.3. The molecule has 3 rings (SSSR count). The Kier molecular flexibility index (Phi) is 5.19. The topological polar surface area (TPSA) is 117 Å². The van der Waals surface area contributed by atoms with E-state index in [1.54, 1.807) is 38.1 Å². The van der Waals surface area contributed by atoms with Gasteiger partial charge >= 0.3 is 11.9 Å². The molecule has 1 aromatic carbocycles. The van der Waals surface area contributed by atoms with Crippen molar-refractivity contribution in [2.24, 2.45) is 5.73 Å². The quantitative estimate of drug-likeness (QED) is 0.576. The molecule has 152 valence electrons. The Hall–Kier alpha value is -3.55. The summed E-state index contributed by atoms with van der Waals surface area (Å²) >= 11 is 0. The minimum Gasteiger partial charge on any atom is -0.459 e. The number of amides is 1. The SMILES string of the molecule is C=CCOC(=O)C1=C(C)OC(N)=C(C(=O)OC(C)C)C12C(=O)Nc1ccccc12. The van der Waals surface area contributed by atoms with Gasteiger partial charge in [-0.15, -0.1) is 0 Å². The molecular weight excluding hydrogens is 376 g/mol. The van der Waals surface area contributed by atoms with Gasteiger partial charge < -0.3 is 25.3 Å². The summed E-state index contributed by atoms with van der Waals surface area (Å²) in [5, 5.41) is 2.72. The lowest BCUT2D eigenvalue weighted by molar-refractivity contribution is -0.145. The van der Waals surface area contributed by atoms with Gasteiger partial charge in [0, 0.05) is 11.3 Å². The molecule has 1 amide bonds.